The van der Waals surface area contributed by atoms with Crippen molar-refractivity contribution in [3.05, 3.63) is 95.8 Å². The molecule has 7 heteroatoms. The molecule has 3 aromatic carbocycles. The van der Waals surface area contributed by atoms with Gasteiger partial charge in [0.2, 0.25) is 0 Å². The summed E-state index contributed by atoms with van der Waals surface area (Å²) in [6.07, 6.45) is 1.20. The Bertz CT molecular complexity index is 1410. The molecular weight excluding hydrogens is 457 g/mol. The molecule has 2 amide bonds. The van der Waals surface area contributed by atoms with Crippen molar-refractivity contribution in [2.45, 2.75) is 18.9 Å². The molecule has 1 saturated heterocycles. The number of benzene rings is 3. The molecule has 0 radical (unpaired) electrons. The molecule has 0 atom stereocenters. The van der Waals surface area contributed by atoms with E-state index in [2.05, 4.69) is 5.32 Å². The predicted octanol–water partition coefficient (Wildman–Crippen LogP) is 5.08. The van der Waals surface area contributed by atoms with E-state index in [1.807, 2.05) is 54.6 Å². The number of fused-ring (bicyclic) bond motifs is 1. The van der Waals surface area contributed by atoms with Crippen molar-refractivity contribution in [3.63, 3.8) is 0 Å². The van der Waals surface area contributed by atoms with Crippen LogP contribution in [0.2, 0.25) is 0 Å². The first kappa shape index (κ1) is 23.5. The normalized spacial score (nSPS) is 14.0. The van der Waals surface area contributed by atoms with Gasteiger partial charge in [-0.1, -0.05) is 30.3 Å². The second-order valence-electron chi connectivity index (χ2n) is 8.82. The van der Waals surface area contributed by atoms with Gasteiger partial charge in [-0.05, 0) is 61.4 Å². The Morgan fingerprint density at radius 2 is 1.64 bits per heavy atom. The second kappa shape index (κ2) is 10.2. The van der Waals surface area contributed by atoms with E-state index in [-0.39, 0.29) is 23.4 Å². The van der Waals surface area contributed by atoms with Crippen molar-refractivity contribution in [2.24, 2.45) is 0 Å². The molecule has 0 saturated carbocycles. The molecule has 1 fully saturated rings. The Labute approximate surface area is 208 Å². The largest absolute Gasteiger partial charge is 0.497 e. The van der Waals surface area contributed by atoms with Crippen molar-refractivity contribution < 1.29 is 18.7 Å². The summed E-state index contributed by atoms with van der Waals surface area (Å²) in [4.78, 5) is 32.5. The van der Waals surface area contributed by atoms with Crippen LogP contribution in [0, 0.1) is 5.82 Å². The van der Waals surface area contributed by atoms with Crippen molar-refractivity contribution in [1.29, 1.82) is 0 Å². The number of carbonyl (C=O) groups excluding carboxylic acids is 2. The number of rotatable bonds is 5. The standard InChI is InChI=1S/C29H26FN3O3/c1-36-21-12-10-19(11-13-21)27-18-24(22-6-3-5-9-26(22)32-27)28(34)31-20-14-16-33(17-15-20)29(35)23-7-2-4-8-25(23)30/h2-13,18,20H,14-17H2,1H3,(H,31,34). The molecule has 1 N–H and O–H groups in total. The first-order valence-electron chi connectivity index (χ1n) is 11.9. The third kappa shape index (κ3) is 4.77. The molecule has 0 aliphatic carbocycles. The maximum Gasteiger partial charge on any atom is 0.256 e. The summed E-state index contributed by atoms with van der Waals surface area (Å²) in [7, 11) is 1.62. The van der Waals surface area contributed by atoms with Crippen molar-refractivity contribution in [2.75, 3.05) is 20.2 Å². The van der Waals surface area contributed by atoms with Crippen LogP contribution in [0.1, 0.15) is 33.6 Å². The van der Waals surface area contributed by atoms with Gasteiger partial charge in [-0.3, -0.25) is 9.59 Å². The van der Waals surface area contributed by atoms with E-state index in [0.717, 1.165) is 22.2 Å². The third-order valence-corrected chi connectivity index (χ3v) is 6.57. The number of piperidine rings is 1. The number of halogens is 1. The molecule has 0 spiro atoms. The molecule has 182 valence electrons. The van der Waals surface area contributed by atoms with Crippen LogP contribution in [-0.2, 0) is 0 Å². The van der Waals surface area contributed by atoms with Gasteiger partial charge in [0.25, 0.3) is 11.8 Å². The lowest BCUT2D eigenvalue weighted by atomic mass is 10.0. The molecule has 0 bridgehead atoms. The molecule has 36 heavy (non-hydrogen) atoms. The summed E-state index contributed by atoms with van der Waals surface area (Å²) >= 11 is 0. The predicted molar refractivity (Wildman–Crippen MR) is 137 cm³/mol. The minimum atomic E-state index is -0.518. The first-order valence-corrected chi connectivity index (χ1v) is 11.9. The zero-order valence-corrected chi connectivity index (χ0v) is 19.9. The van der Waals surface area contributed by atoms with Gasteiger partial charge in [-0.2, -0.15) is 0 Å². The summed E-state index contributed by atoms with van der Waals surface area (Å²) in [6, 6.07) is 22.9. The van der Waals surface area contributed by atoms with E-state index >= 15 is 0 Å². The number of pyridine rings is 1. The molecule has 1 aliphatic heterocycles. The van der Waals surface area contributed by atoms with Crippen LogP contribution in [0.4, 0.5) is 4.39 Å². The Kier molecular flexibility index (Phi) is 6.62. The monoisotopic (exact) mass is 483 g/mol. The number of likely N-dealkylation sites (tertiary alicyclic amines) is 1. The Morgan fingerprint density at radius 1 is 0.944 bits per heavy atom. The van der Waals surface area contributed by atoms with Gasteiger partial charge in [-0.25, -0.2) is 9.37 Å². The Morgan fingerprint density at radius 3 is 2.36 bits per heavy atom. The molecule has 1 aliphatic rings. The van der Waals surface area contributed by atoms with E-state index in [9.17, 15) is 14.0 Å². The topological polar surface area (TPSA) is 71.5 Å². The summed E-state index contributed by atoms with van der Waals surface area (Å²) in [5.74, 6) is -0.267. The molecule has 2 heterocycles. The zero-order chi connectivity index (χ0) is 25.1. The number of hydrogen-bond acceptors (Lipinski definition) is 4. The molecular formula is C29H26FN3O3. The van der Waals surface area contributed by atoms with E-state index in [1.54, 1.807) is 24.1 Å². The van der Waals surface area contributed by atoms with E-state index in [4.69, 9.17) is 9.72 Å². The number of nitrogens with one attached hydrogen (secondary N) is 1. The summed E-state index contributed by atoms with van der Waals surface area (Å²) < 4.78 is 19.3. The lowest BCUT2D eigenvalue weighted by molar-refractivity contribution is 0.0694. The highest BCUT2D eigenvalue weighted by Crippen LogP contribution is 2.27. The lowest BCUT2D eigenvalue weighted by Gasteiger charge is -2.32. The van der Waals surface area contributed by atoms with Crippen LogP contribution in [0.5, 0.6) is 5.75 Å². The smallest absolute Gasteiger partial charge is 0.256 e. The lowest BCUT2D eigenvalue weighted by Crippen LogP contribution is -2.46. The minimum Gasteiger partial charge on any atom is -0.497 e. The van der Waals surface area contributed by atoms with Crippen LogP contribution in [0.25, 0.3) is 22.2 Å². The SMILES string of the molecule is COc1ccc(-c2cc(C(=O)NC3CCN(C(=O)c4ccccc4F)CC3)c3ccccc3n2)cc1. The van der Waals surface area contributed by atoms with Gasteiger partial charge in [0.05, 0.1) is 29.4 Å². The van der Waals surface area contributed by atoms with Crippen LogP contribution in [0.3, 0.4) is 0 Å². The molecule has 0 unspecified atom stereocenters. The Balaban J connectivity index is 1.32. The highest BCUT2D eigenvalue weighted by atomic mass is 19.1. The number of nitrogens with zero attached hydrogens (tertiary/aromatic N) is 2. The number of amides is 2. The minimum absolute atomic E-state index is 0.0781. The average molecular weight is 484 g/mol. The second-order valence-corrected chi connectivity index (χ2v) is 8.82. The number of aromatic nitrogens is 1. The van der Waals surface area contributed by atoms with Gasteiger partial charge in [0.15, 0.2) is 0 Å². The van der Waals surface area contributed by atoms with Gasteiger partial charge in [-0.15, -0.1) is 0 Å². The fourth-order valence-electron chi connectivity index (χ4n) is 4.57. The molecule has 1 aromatic heterocycles. The van der Waals surface area contributed by atoms with Gasteiger partial charge < -0.3 is 15.0 Å². The number of para-hydroxylation sites is 1. The summed E-state index contributed by atoms with van der Waals surface area (Å²) in [5, 5.41) is 3.91. The van der Waals surface area contributed by atoms with Crippen molar-refractivity contribution >= 4 is 22.7 Å². The number of methoxy groups -OCH3 is 1. The van der Waals surface area contributed by atoms with Crippen LogP contribution in [-0.4, -0.2) is 47.9 Å². The van der Waals surface area contributed by atoms with E-state index in [0.29, 0.717) is 37.2 Å². The van der Waals surface area contributed by atoms with Crippen LogP contribution in [0.15, 0.2) is 78.9 Å². The number of ether oxygens (including phenoxy) is 1. The fourth-order valence-corrected chi connectivity index (χ4v) is 4.57. The molecule has 4 aromatic rings. The highest BCUT2D eigenvalue weighted by Gasteiger charge is 2.26. The Hall–Kier alpha value is -4.26. The number of carbonyl (C=O) groups is 2. The quantitative estimate of drug-likeness (QED) is 0.430. The van der Waals surface area contributed by atoms with Crippen molar-refractivity contribution in [3.8, 4) is 17.0 Å². The van der Waals surface area contributed by atoms with Gasteiger partial charge >= 0.3 is 0 Å². The van der Waals surface area contributed by atoms with E-state index in [1.165, 1.54) is 12.1 Å². The molecule has 6 nitrogen and oxygen atoms in total. The van der Waals surface area contributed by atoms with E-state index < -0.39 is 5.82 Å². The first-order chi connectivity index (χ1) is 17.5. The summed E-state index contributed by atoms with van der Waals surface area (Å²) in [6.45, 7) is 0.901. The van der Waals surface area contributed by atoms with Gasteiger partial charge in [0.1, 0.15) is 11.6 Å². The average Bonchev–Trinajstić information content (AvgIpc) is 2.92. The highest BCUT2D eigenvalue weighted by molar-refractivity contribution is 6.07. The fraction of sp³-hybridized carbons (Fsp3) is 0.207. The van der Waals surface area contributed by atoms with Crippen LogP contribution >= 0.6 is 0 Å². The maximum atomic E-state index is 14.0. The molecule has 5 rings (SSSR count). The van der Waals surface area contributed by atoms with Gasteiger partial charge in [0, 0.05) is 30.1 Å². The zero-order valence-electron chi connectivity index (χ0n) is 19.9. The maximum absolute atomic E-state index is 14.0. The third-order valence-electron chi connectivity index (χ3n) is 6.57. The summed E-state index contributed by atoms with van der Waals surface area (Å²) in [5.41, 5.74) is 2.95. The van der Waals surface area contributed by atoms with Crippen molar-refractivity contribution in [1.82, 2.24) is 15.2 Å². The van der Waals surface area contributed by atoms with Crippen LogP contribution < -0.4 is 10.1 Å². The number of hydrogen-bond donors (Lipinski definition) is 1.